The maximum absolute atomic E-state index is 11.9. The Balaban J connectivity index is 4.12. The zero-order valence-corrected chi connectivity index (χ0v) is 11.9. The average molecular weight is 261 g/mol. The van der Waals surface area contributed by atoms with Crippen molar-refractivity contribution in [3.8, 4) is 0 Å². The monoisotopic (exact) mass is 261 g/mol. The summed E-state index contributed by atoms with van der Waals surface area (Å²) < 4.78 is 0. The molecular weight excluding hydrogens is 238 g/mol. The van der Waals surface area contributed by atoms with Gasteiger partial charge in [-0.25, -0.2) is 0 Å². The first-order valence-corrected chi connectivity index (χ1v) is 7.02. The largest absolute Gasteiger partial charge is 0.481 e. The van der Waals surface area contributed by atoms with Crippen LogP contribution in [-0.2, 0) is 9.59 Å². The third-order valence-corrected chi connectivity index (χ3v) is 3.35. The van der Waals surface area contributed by atoms with Gasteiger partial charge in [0.15, 0.2) is 0 Å². The van der Waals surface area contributed by atoms with E-state index >= 15 is 0 Å². The van der Waals surface area contributed by atoms with E-state index in [4.69, 9.17) is 5.11 Å². The smallest absolute Gasteiger partial charge is 0.303 e. The Hall–Kier alpha value is -0.710. The van der Waals surface area contributed by atoms with Crippen LogP contribution in [0.4, 0.5) is 0 Å². The van der Waals surface area contributed by atoms with Crippen molar-refractivity contribution in [2.24, 2.45) is 0 Å². The van der Waals surface area contributed by atoms with Crippen molar-refractivity contribution in [2.45, 2.75) is 51.8 Å². The van der Waals surface area contributed by atoms with Crippen LogP contribution in [0.1, 0.15) is 40.5 Å². The number of thioether (sulfide) groups is 1. The van der Waals surface area contributed by atoms with Gasteiger partial charge in [0.2, 0.25) is 5.91 Å². The highest BCUT2D eigenvalue weighted by atomic mass is 32.2. The molecule has 5 heteroatoms. The Labute approximate surface area is 108 Å². The molecule has 1 N–H and O–H groups in total. The van der Waals surface area contributed by atoms with E-state index < -0.39 is 5.97 Å². The standard InChI is InChI=1S/C12H23NO3S/c1-9(2)13(7-5-6-12(15)16)11(14)8-17-10(3)4/h9-10H,5-8H2,1-4H3,(H,15,16). The highest BCUT2D eigenvalue weighted by Gasteiger charge is 2.17. The summed E-state index contributed by atoms with van der Waals surface area (Å²) in [6.45, 7) is 8.56. The minimum Gasteiger partial charge on any atom is -0.481 e. The normalized spacial score (nSPS) is 10.9. The molecule has 0 bridgehead atoms. The zero-order chi connectivity index (χ0) is 13.4. The first-order chi connectivity index (χ1) is 7.84. The van der Waals surface area contributed by atoms with Crippen molar-refractivity contribution < 1.29 is 14.7 Å². The molecular formula is C12H23NO3S. The molecule has 0 radical (unpaired) electrons. The summed E-state index contributed by atoms with van der Waals surface area (Å²) in [5.41, 5.74) is 0. The van der Waals surface area contributed by atoms with Crippen LogP contribution in [0.25, 0.3) is 0 Å². The van der Waals surface area contributed by atoms with Gasteiger partial charge < -0.3 is 10.0 Å². The first-order valence-electron chi connectivity index (χ1n) is 5.97. The van der Waals surface area contributed by atoms with Gasteiger partial charge in [-0.2, -0.15) is 0 Å². The van der Waals surface area contributed by atoms with Gasteiger partial charge >= 0.3 is 5.97 Å². The molecule has 0 aromatic carbocycles. The van der Waals surface area contributed by atoms with Crippen LogP contribution >= 0.6 is 11.8 Å². The van der Waals surface area contributed by atoms with Gasteiger partial charge in [0.05, 0.1) is 5.75 Å². The highest BCUT2D eigenvalue weighted by molar-refractivity contribution is 8.00. The molecule has 17 heavy (non-hydrogen) atoms. The van der Waals surface area contributed by atoms with Crippen LogP contribution in [0.2, 0.25) is 0 Å². The third kappa shape index (κ3) is 8.07. The summed E-state index contributed by atoms with van der Waals surface area (Å²) in [4.78, 5) is 24.1. The van der Waals surface area contributed by atoms with Gasteiger partial charge in [-0.1, -0.05) is 13.8 Å². The molecule has 100 valence electrons. The van der Waals surface area contributed by atoms with Crippen LogP contribution < -0.4 is 0 Å². The van der Waals surface area contributed by atoms with E-state index in [0.29, 0.717) is 24.0 Å². The van der Waals surface area contributed by atoms with Crippen LogP contribution in [0.3, 0.4) is 0 Å². The molecule has 0 spiro atoms. The van der Waals surface area contributed by atoms with E-state index in [1.54, 1.807) is 16.7 Å². The molecule has 0 aliphatic carbocycles. The lowest BCUT2D eigenvalue weighted by Gasteiger charge is -2.26. The minimum atomic E-state index is -0.808. The molecule has 0 saturated carbocycles. The van der Waals surface area contributed by atoms with Gasteiger partial charge in [0.1, 0.15) is 0 Å². The number of amides is 1. The van der Waals surface area contributed by atoms with Crippen molar-refractivity contribution in [1.82, 2.24) is 4.90 Å². The van der Waals surface area contributed by atoms with Crippen LogP contribution in [0.15, 0.2) is 0 Å². The summed E-state index contributed by atoms with van der Waals surface area (Å²) in [6.07, 6.45) is 0.638. The number of nitrogens with zero attached hydrogens (tertiary/aromatic N) is 1. The molecule has 0 aromatic heterocycles. The molecule has 0 atom stereocenters. The van der Waals surface area contributed by atoms with Crippen molar-refractivity contribution in [3.63, 3.8) is 0 Å². The summed E-state index contributed by atoms with van der Waals surface area (Å²) in [5.74, 6) is -0.232. The van der Waals surface area contributed by atoms with Crippen molar-refractivity contribution in [3.05, 3.63) is 0 Å². The fourth-order valence-corrected chi connectivity index (χ4v) is 2.03. The second kappa shape index (κ2) is 8.39. The van der Waals surface area contributed by atoms with E-state index in [9.17, 15) is 9.59 Å². The lowest BCUT2D eigenvalue weighted by molar-refractivity contribution is -0.138. The van der Waals surface area contributed by atoms with Gasteiger partial charge in [-0.15, -0.1) is 11.8 Å². The number of rotatable bonds is 8. The fraction of sp³-hybridized carbons (Fsp3) is 0.833. The topological polar surface area (TPSA) is 57.6 Å². The molecule has 0 saturated heterocycles. The quantitative estimate of drug-likeness (QED) is 0.728. The van der Waals surface area contributed by atoms with E-state index in [1.165, 1.54) is 0 Å². The minimum absolute atomic E-state index is 0.101. The second-order valence-corrected chi connectivity index (χ2v) is 6.10. The molecule has 0 aromatic rings. The zero-order valence-electron chi connectivity index (χ0n) is 11.1. The average Bonchev–Trinajstić information content (AvgIpc) is 2.20. The Kier molecular flexibility index (Phi) is 8.04. The predicted octanol–water partition coefficient (Wildman–Crippen LogP) is 2.23. The second-order valence-electron chi connectivity index (χ2n) is 4.54. The molecule has 0 aliphatic rings. The summed E-state index contributed by atoms with van der Waals surface area (Å²) in [6, 6.07) is 0.129. The SMILES string of the molecule is CC(C)SCC(=O)N(CCCC(=O)O)C(C)C. The molecule has 0 fully saturated rings. The lowest BCUT2D eigenvalue weighted by atomic mass is 10.2. The molecule has 0 unspecified atom stereocenters. The van der Waals surface area contributed by atoms with Crippen LogP contribution in [0.5, 0.6) is 0 Å². The number of aliphatic carboxylic acids is 1. The van der Waals surface area contributed by atoms with Crippen LogP contribution in [0, 0.1) is 0 Å². The maximum Gasteiger partial charge on any atom is 0.303 e. The van der Waals surface area contributed by atoms with E-state index in [1.807, 2.05) is 13.8 Å². The molecule has 0 rings (SSSR count). The Morgan fingerprint density at radius 3 is 2.24 bits per heavy atom. The molecule has 0 aliphatic heterocycles. The highest BCUT2D eigenvalue weighted by Crippen LogP contribution is 2.12. The third-order valence-electron chi connectivity index (χ3n) is 2.27. The van der Waals surface area contributed by atoms with Crippen molar-refractivity contribution >= 4 is 23.6 Å². The number of hydrogen-bond acceptors (Lipinski definition) is 3. The van der Waals surface area contributed by atoms with Crippen molar-refractivity contribution in [2.75, 3.05) is 12.3 Å². The van der Waals surface area contributed by atoms with Gasteiger partial charge in [0, 0.05) is 19.0 Å². The van der Waals surface area contributed by atoms with Gasteiger partial charge in [-0.05, 0) is 25.5 Å². The van der Waals surface area contributed by atoms with Gasteiger partial charge in [0.25, 0.3) is 0 Å². The summed E-state index contributed by atoms with van der Waals surface area (Å²) >= 11 is 1.62. The Bertz CT molecular complexity index is 254. The van der Waals surface area contributed by atoms with E-state index in [-0.39, 0.29) is 18.4 Å². The number of carboxylic acids is 1. The Morgan fingerprint density at radius 1 is 1.24 bits per heavy atom. The first kappa shape index (κ1) is 16.3. The fourth-order valence-electron chi connectivity index (χ4n) is 1.39. The number of carbonyl (C=O) groups excluding carboxylic acids is 1. The van der Waals surface area contributed by atoms with Crippen molar-refractivity contribution in [1.29, 1.82) is 0 Å². The molecule has 4 nitrogen and oxygen atoms in total. The lowest BCUT2D eigenvalue weighted by Crippen LogP contribution is -2.39. The summed E-state index contributed by atoms with van der Waals surface area (Å²) in [5, 5.41) is 9.01. The van der Waals surface area contributed by atoms with E-state index in [2.05, 4.69) is 13.8 Å². The number of carboxylic acid groups (broad SMARTS) is 1. The van der Waals surface area contributed by atoms with Gasteiger partial charge in [-0.3, -0.25) is 9.59 Å². The molecule has 0 heterocycles. The Morgan fingerprint density at radius 2 is 1.82 bits per heavy atom. The number of carbonyl (C=O) groups is 2. The number of hydrogen-bond donors (Lipinski definition) is 1. The predicted molar refractivity (Wildman–Crippen MR) is 71.3 cm³/mol. The van der Waals surface area contributed by atoms with E-state index in [0.717, 1.165) is 0 Å². The summed E-state index contributed by atoms with van der Waals surface area (Å²) in [7, 11) is 0. The molecule has 1 amide bonds. The maximum atomic E-state index is 11.9. The van der Waals surface area contributed by atoms with Crippen LogP contribution in [-0.4, -0.2) is 45.5 Å².